The second-order valence-electron chi connectivity index (χ2n) is 4.02. The predicted molar refractivity (Wildman–Crippen MR) is 56.1 cm³/mol. The summed E-state index contributed by atoms with van der Waals surface area (Å²) >= 11 is 0. The molecule has 0 spiro atoms. The molecule has 1 aromatic heterocycles. The molecule has 74 valence electrons. The van der Waals surface area contributed by atoms with E-state index in [9.17, 15) is 9.50 Å². The molecule has 1 heterocycles. The van der Waals surface area contributed by atoms with Gasteiger partial charge in [0.25, 0.3) is 0 Å². The first-order valence-electron chi connectivity index (χ1n) is 4.26. The minimum absolute atomic E-state index is 0.211. The number of halogens is 1. The van der Waals surface area contributed by atoms with Crippen LogP contribution < -0.4 is 0 Å². The molecule has 0 unspecified atom stereocenters. The van der Waals surface area contributed by atoms with Crippen molar-refractivity contribution in [2.24, 2.45) is 0 Å². The third-order valence-corrected chi connectivity index (χ3v) is 2.28. The third kappa shape index (κ3) is 3.19. The zero-order chi connectivity index (χ0) is 10.8. The quantitative estimate of drug-likeness (QED) is 0.524. The second kappa shape index (κ2) is 3.80. The fraction of sp³-hybridized carbons (Fsp3) is 0.300. The summed E-state index contributed by atoms with van der Waals surface area (Å²) in [6.07, 6.45) is 0.967. The van der Waals surface area contributed by atoms with Crippen LogP contribution >= 0.6 is 0 Å². The van der Waals surface area contributed by atoms with E-state index < -0.39 is 13.9 Å². The standard InChI is InChI=1S/C10H12FNOSi/c1-14(2,3)5-4-8-6-9(11)7-12-10(8)13/h6-7H,1-3H3,(H,12,13). The van der Waals surface area contributed by atoms with Crippen molar-refractivity contribution in [3.05, 3.63) is 23.6 Å². The van der Waals surface area contributed by atoms with Crippen LogP contribution in [0.25, 0.3) is 0 Å². The van der Waals surface area contributed by atoms with Gasteiger partial charge in [0.2, 0.25) is 5.88 Å². The molecule has 0 atom stereocenters. The Labute approximate surface area is 83.8 Å². The summed E-state index contributed by atoms with van der Waals surface area (Å²) in [4.78, 5) is 3.47. The van der Waals surface area contributed by atoms with Crippen LogP contribution in [-0.2, 0) is 0 Å². The largest absolute Gasteiger partial charge is 0.492 e. The molecule has 0 bridgehead atoms. The Bertz CT molecular complexity index is 401. The molecule has 2 nitrogen and oxygen atoms in total. The molecule has 1 rings (SSSR count). The first-order valence-corrected chi connectivity index (χ1v) is 7.76. The topological polar surface area (TPSA) is 33.1 Å². The molecule has 0 saturated heterocycles. The third-order valence-electron chi connectivity index (χ3n) is 1.41. The molecule has 0 saturated carbocycles. The van der Waals surface area contributed by atoms with Crippen molar-refractivity contribution in [2.75, 3.05) is 0 Å². The van der Waals surface area contributed by atoms with Gasteiger partial charge in [-0.25, -0.2) is 9.37 Å². The van der Waals surface area contributed by atoms with E-state index in [1.807, 2.05) is 0 Å². The maximum absolute atomic E-state index is 12.7. The summed E-state index contributed by atoms with van der Waals surface area (Å²) in [5.74, 6) is 2.06. The van der Waals surface area contributed by atoms with Gasteiger partial charge < -0.3 is 5.11 Å². The van der Waals surface area contributed by atoms with E-state index in [1.165, 1.54) is 6.07 Å². The van der Waals surface area contributed by atoms with Gasteiger partial charge in [-0.2, -0.15) is 0 Å². The summed E-state index contributed by atoms with van der Waals surface area (Å²) in [6.45, 7) is 6.22. The average Bonchev–Trinajstić information content (AvgIpc) is 2.05. The summed E-state index contributed by atoms with van der Waals surface area (Å²) < 4.78 is 12.7. The highest BCUT2D eigenvalue weighted by Gasteiger charge is 2.08. The Morgan fingerprint density at radius 2 is 2.07 bits per heavy atom. The van der Waals surface area contributed by atoms with Gasteiger partial charge in [-0.15, -0.1) is 5.54 Å². The molecule has 1 aromatic rings. The summed E-state index contributed by atoms with van der Waals surface area (Å²) in [6, 6.07) is 1.19. The number of aromatic hydroxyl groups is 1. The lowest BCUT2D eigenvalue weighted by Gasteiger charge is -2.03. The fourth-order valence-corrected chi connectivity index (χ4v) is 1.29. The van der Waals surface area contributed by atoms with E-state index in [4.69, 9.17) is 0 Å². The van der Waals surface area contributed by atoms with Crippen molar-refractivity contribution in [1.82, 2.24) is 4.98 Å². The zero-order valence-electron chi connectivity index (χ0n) is 8.43. The lowest BCUT2D eigenvalue weighted by Crippen LogP contribution is -2.16. The molecule has 4 heteroatoms. The SMILES string of the molecule is C[Si](C)(C)C#Cc1cc(F)cnc1O. The highest BCUT2D eigenvalue weighted by molar-refractivity contribution is 6.83. The van der Waals surface area contributed by atoms with Crippen molar-refractivity contribution in [3.8, 4) is 17.3 Å². The highest BCUT2D eigenvalue weighted by atomic mass is 28.3. The van der Waals surface area contributed by atoms with Crippen molar-refractivity contribution < 1.29 is 9.50 Å². The molecular weight excluding hydrogens is 197 g/mol. The van der Waals surface area contributed by atoms with Crippen LogP contribution in [0.3, 0.4) is 0 Å². The molecule has 0 aromatic carbocycles. The highest BCUT2D eigenvalue weighted by Crippen LogP contribution is 2.12. The lowest BCUT2D eigenvalue weighted by atomic mass is 10.3. The van der Waals surface area contributed by atoms with Crippen LogP contribution in [0.15, 0.2) is 12.3 Å². The Balaban J connectivity index is 3.06. The average molecular weight is 209 g/mol. The minimum Gasteiger partial charge on any atom is -0.492 e. The number of pyridine rings is 1. The Morgan fingerprint density at radius 1 is 1.43 bits per heavy atom. The van der Waals surface area contributed by atoms with E-state index in [-0.39, 0.29) is 11.4 Å². The van der Waals surface area contributed by atoms with Gasteiger partial charge in [-0.1, -0.05) is 25.6 Å². The summed E-state index contributed by atoms with van der Waals surface area (Å²) in [7, 11) is -1.50. The van der Waals surface area contributed by atoms with Crippen LogP contribution in [0.2, 0.25) is 19.6 Å². The smallest absolute Gasteiger partial charge is 0.227 e. The van der Waals surface area contributed by atoms with E-state index in [0.717, 1.165) is 6.20 Å². The molecule has 0 fully saturated rings. The molecular formula is C10H12FNOSi. The maximum atomic E-state index is 12.7. The predicted octanol–water partition coefficient (Wildman–Crippen LogP) is 2.16. The fourth-order valence-electron chi connectivity index (χ4n) is 0.779. The van der Waals surface area contributed by atoms with Crippen LogP contribution in [0.1, 0.15) is 5.56 Å². The van der Waals surface area contributed by atoms with Crippen molar-refractivity contribution in [1.29, 1.82) is 0 Å². The molecule has 1 N–H and O–H groups in total. The Hall–Kier alpha value is -1.34. The molecule has 0 amide bonds. The molecule has 0 aliphatic heterocycles. The normalized spacial score (nSPS) is 10.6. The second-order valence-corrected chi connectivity index (χ2v) is 8.77. The first-order chi connectivity index (χ1) is 6.38. The van der Waals surface area contributed by atoms with Crippen LogP contribution in [0, 0.1) is 17.3 Å². The first kappa shape index (κ1) is 10.7. The van der Waals surface area contributed by atoms with Crippen molar-refractivity contribution in [2.45, 2.75) is 19.6 Å². The summed E-state index contributed by atoms with van der Waals surface area (Å²) in [5, 5.41) is 9.27. The van der Waals surface area contributed by atoms with Gasteiger partial charge in [-0.3, -0.25) is 0 Å². The number of aromatic nitrogens is 1. The lowest BCUT2D eigenvalue weighted by molar-refractivity contribution is 0.448. The zero-order valence-corrected chi connectivity index (χ0v) is 9.43. The Morgan fingerprint density at radius 3 is 2.64 bits per heavy atom. The Kier molecular flexibility index (Phi) is 2.92. The maximum Gasteiger partial charge on any atom is 0.227 e. The van der Waals surface area contributed by atoms with Gasteiger partial charge in [0.15, 0.2) is 0 Å². The van der Waals surface area contributed by atoms with E-state index in [2.05, 4.69) is 36.1 Å². The molecule has 0 aliphatic rings. The van der Waals surface area contributed by atoms with Gasteiger partial charge in [0, 0.05) is 0 Å². The minimum atomic E-state index is -1.50. The number of hydrogen-bond acceptors (Lipinski definition) is 2. The summed E-state index contributed by atoms with van der Waals surface area (Å²) in [5.41, 5.74) is 3.29. The van der Waals surface area contributed by atoms with Crippen LogP contribution in [0.5, 0.6) is 5.88 Å². The van der Waals surface area contributed by atoms with Crippen LogP contribution in [-0.4, -0.2) is 18.2 Å². The van der Waals surface area contributed by atoms with Gasteiger partial charge in [0.05, 0.1) is 11.8 Å². The van der Waals surface area contributed by atoms with Gasteiger partial charge in [0.1, 0.15) is 13.9 Å². The van der Waals surface area contributed by atoms with Crippen molar-refractivity contribution >= 4 is 8.07 Å². The van der Waals surface area contributed by atoms with E-state index in [0.29, 0.717) is 0 Å². The molecule has 0 aliphatic carbocycles. The van der Waals surface area contributed by atoms with Crippen molar-refractivity contribution in [3.63, 3.8) is 0 Å². The number of nitrogens with zero attached hydrogens (tertiary/aromatic N) is 1. The van der Waals surface area contributed by atoms with Gasteiger partial charge in [-0.05, 0) is 6.07 Å². The molecule has 0 radical (unpaired) electrons. The number of rotatable bonds is 0. The monoisotopic (exact) mass is 209 g/mol. The van der Waals surface area contributed by atoms with E-state index in [1.54, 1.807) is 0 Å². The van der Waals surface area contributed by atoms with E-state index >= 15 is 0 Å². The number of hydrogen-bond donors (Lipinski definition) is 1. The van der Waals surface area contributed by atoms with Gasteiger partial charge >= 0.3 is 0 Å². The molecule has 14 heavy (non-hydrogen) atoms. The van der Waals surface area contributed by atoms with Crippen LogP contribution in [0.4, 0.5) is 4.39 Å².